The molecule has 1 amide bonds. The molecule has 128 valence electrons. The van der Waals surface area contributed by atoms with E-state index in [-0.39, 0.29) is 17.4 Å². The van der Waals surface area contributed by atoms with Gasteiger partial charge in [-0.05, 0) is 55.4 Å². The Hall–Kier alpha value is -2.17. The summed E-state index contributed by atoms with van der Waals surface area (Å²) in [6.45, 7) is 9.70. The Labute approximate surface area is 142 Å². The summed E-state index contributed by atoms with van der Waals surface area (Å²) in [5, 5.41) is 15.6. The average molecular weight is 328 g/mol. The molecule has 0 spiro atoms. The van der Waals surface area contributed by atoms with Crippen LogP contribution in [-0.4, -0.2) is 22.6 Å². The topological polar surface area (TPSA) is 78.8 Å². The van der Waals surface area contributed by atoms with Gasteiger partial charge in [0.25, 0.3) is 0 Å². The number of nitrogens with zero attached hydrogens (tertiary/aromatic N) is 1. The first-order valence-electron chi connectivity index (χ1n) is 8.27. The van der Waals surface area contributed by atoms with Gasteiger partial charge >= 0.3 is 0 Å². The number of carbonyl (C=O) groups excluding carboxylic acids is 2. The van der Waals surface area contributed by atoms with Crippen LogP contribution in [0.4, 0.5) is 5.69 Å². The van der Waals surface area contributed by atoms with Gasteiger partial charge in [0.1, 0.15) is 11.1 Å². The first kappa shape index (κ1) is 16.7. The fourth-order valence-electron chi connectivity index (χ4n) is 4.74. The van der Waals surface area contributed by atoms with E-state index in [2.05, 4.69) is 10.5 Å². The molecule has 2 N–H and O–H groups in total. The Kier molecular flexibility index (Phi) is 3.41. The maximum atomic E-state index is 13.2. The Bertz CT molecular complexity index is 761. The summed E-state index contributed by atoms with van der Waals surface area (Å²) in [6.07, 6.45) is 1.14. The monoisotopic (exact) mass is 328 g/mol. The van der Waals surface area contributed by atoms with Crippen molar-refractivity contribution in [2.24, 2.45) is 21.4 Å². The molecule has 5 heteroatoms. The summed E-state index contributed by atoms with van der Waals surface area (Å²) < 4.78 is 0. The van der Waals surface area contributed by atoms with Crippen LogP contribution in [0.3, 0.4) is 0 Å². The minimum atomic E-state index is -1.18. The van der Waals surface area contributed by atoms with Crippen molar-refractivity contribution in [3.8, 4) is 0 Å². The van der Waals surface area contributed by atoms with Crippen LogP contribution in [0, 0.1) is 30.1 Å². The second-order valence-electron chi connectivity index (χ2n) is 7.97. The number of ketones is 1. The first-order valence-corrected chi connectivity index (χ1v) is 8.27. The summed E-state index contributed by atoms with van der Waals surface area (Å²) in [7, 11) is 0. The summed E-state index contributed by atoms with van der Waals surface area (Å²) in [5.74, 6) is -0.643. The predicted molar refractivity (Wildman–Crippen MR) is 92.3 cm³/mol. The zero-order valence-electron chi connectivity index (χ0n) is 14.9. The van der Waals surface area contributed by atoms with Crippen molar-refractivity contribution in [3.63, 3.8) is 0 Å². The van der Waals surface area contributed by atoms with Crippen LogP contribution < -0.4 is 5.32 Å². The summed E-state index contributed by atoms with van der Waals surface area (Å²) in [5.41, 5.74) is 0.552. The molecule has 2 aliphatic carbocycles. The van der Waals surface area contributed by atoms with Gasteiger partial charge in [0.05, 0.1) is 0 Å². The van der Waals surface area contributed by atoms with Gasteiger partial charge in [0.2, 0.25) is 5.91 Å². The Morgan fingerprint density at radius 1 is 1.12 bits per heavy atom. The number of oxime groups is 1. The van der Waals surface area contributed by atoms with Crippen LogP contribution in [-0.2, 0) is 9.59 Å². The van der Waals surface area contributed by atoms with Crippen LogP contribution in [0.2, 0.25) is 0 Å². The molecule has 2 fully saturated rings. The molecule has 2 saturated carbocycles. The lowest BCUT2D eigenvalue weighted by atomic mass is 9.64. The number of benzene rings is 1. The number of fused-ring (bicyclic) bond motifs is 2. The standard InChI is InChI=1S/C19H24N2O3/c1-11-8-12(2)10-13(9-11)20-16(23)19-7-6-18(5,17(19,3)4)14(21-24)15(19)22/h8-10,24H,6-7H2,1-5H3,(H,20,23). The van der Waals surface area contributed by atoms with Gasteiger partial charge in [-0.15, -0.1) is 0 Å². The first-order chi connectivity index (χ1) is 11.1. The normalized spacial score (nSPS) is 32.4. The second-order valence-corrected chi connectivity index (χ2v) is 7.97. The fourth-order valence-corrected chi connectivity index (χ4v) is 4.74. The molecule has 2 aliphatic rings. The summed E-state index contributed by atoms with van der Waals surface area (Å²) in [4.78, 5) is 26.1. The number of hydrogen-bond acceptors (Lipinski definition) is 4. The van der Waals surface area contributed by atoms with Crippen LogP contribution in [0.1, 0.15) is 44.7 Å². The number of rotatable bonds is 2. The number of nitrogens with one attached hydrogen (secondary N) is 1. The van der Waals surface area contributed by atoms with Crippen molar-refractivity contribution in [2.45, 2.75) is 47.5 Å². The smallest absolute Gasteiger partial charge is 0.239 e. The van der Waals surface area contributed by atoms with E-state index in [1.165, 1.54) is 0 Å². The molecule has 3 rings (SSSR count). The van der Waals surface area contributed by atoms with Crippen molar-refractivity contribution in [1.82, 2.24) is 0 Å². The molecule has 0 aliphatic heterocycles. The fraction of sp³-hybridized carbons (Fsp3) is 0.526. The highest BCUT2D eigenvalue weighted by Crippen LogP contribution is 2.69. The van der Waals surface area contributed by atoms with E-state index in [0.717, 1.165) is 11.1 Å². The Morgan fingerprint density at radius 3 is 2.21 bits per heavy atom. The van der Waals surface area contributed by atoms with E-state index in [9.17, 15) is 14.8 Å². The molecule has 2 atom stereocenters. The lowest BCUT2D eigenvalue weighted by molar-refractivity contribution is -0.140. The van der Waals surface area contributed by atoms with E-state index in [1.54, 1.807) is 0 Å². The van der Waals surface area contributed by atoms with Gasteiger partial charge in [0.15, 0.2) is 5.78 Å². The number of carbonyl (C=O) groups is 2. The third-order valence-electron chi connectivity index (χ3n) is 6.54. The number of Topliss-reactive ketones (excluding diaryl/α,β-unsaturated/α-hetero) is 1. The minimum Gasteiger partial charge on any atom is -0.411 e. The second kappa shape index (κ2) is 4.91. The highest BCUT2D eigenvalue weighted by molar-refractivity contribution is 6.51. The van der Waals surface area contributed by atoms with E-state index >= 15 is 0 Å². The number of anilines is 1. The van der Waals surface area contributed by atoms with Gasteiger partial charge in [-0.1, -0.05) is 32.0 Å². The molecule has 0 aromatic heterocycles. The Morgan fingerprint density at radius 2 is 1.71 bits per heavy atom. The zero-order chi connectivity index (χ0) is 17.9. The molecule has 5 nitrogen and oxygen atoms in total. The van der Waals surface area contributed by atoms with Crippen molar-refractivity contribution in [1.29, 1.82) is 0 Å². The summed E-state index contributed by atoms with van der Waals surface area (Å²) in [6, 6.07) is 5.81. The highest BCUT2D eigenvalue weighted by Gasteiger charge is 2.76. The lowest BCUT2D eigenvalue weighted by Crippen LogP contribution is -2.47. The molecule has 0 radical (unpaired) electrons. The number of hydrogen-bond donors (Lipinski definition) is 2. The SMILES string of the molecule is Cc1cc(C)cc(NC(=O)C23CCC(C)(C(=NO)C2=O)C3(C)C)c1. The van der Waals surface area contributed by atoms with Gasteiger partial charge in [0, 0.05) is 11.1 Å². The van der Waals surface area contributed by atoms with E-state index in [0.29, 0.717) is 18.5 Å². The molecule has 0 saturated heterocycles. The molecule has 1 aromatic carbocycles. The van der Waals surface area contributed by atoms with Crippen LogP contribution >= 0.6 is 0 Å². The highest BCUT2D eigenvalue weighted by atomic mass is 16.4. The third kappa shape index (κ3) is 1.78. The van der Waals surface area contributed by atoms with Crippen LogP contribution in [0.15, 0.2) is 23.4 Å². The van der Waals surface area contributed by atoms with Gasteiger partial charge in [-0.2, -0.15) is 0 Å². The Balaban J connectivity index is 2.04. The summed E-state index contributed by atoms with van der Waals surface area (Å²) >= 11 is 0. The maximum Gasteiger partial charge on any atom is 0.239 e. The van der Waals surface area contributed by atoms with E-state index < -0.39 is 16.2 Å². The molecule has 2 bridgehead atoms. The molecular formula is C19H24N2O3. The molecule has 24 heavy (non-hydrogen) atoms. The largest absolute Gasteiger partial charge is 0.411 e. The van der Waals surface area contributed by atoms with Gasteiger partial charge in [-0.25, -0.2) is 0 Å². The molecule has 2 unspecified atom stereocenters. The number of amides is 1. The van der Waals surface area contributed by atoms with Crippen molar-refractivity contribution in [2.75, 3.05) is 5.32 Å². The van der Waals surface area contributed by atoms with Crippen molar-refractivity contribution < 1.29 is 14.8 Å². The molecular weight excluding hydrogens is 304 g/mol. The minimum absolute atomic E-state index is 0.134. The van der Waals surface area contributed by atoms with E-state index in [4.69, 9.17) is 0 Å². The predicted octanol–water partition coefficient (Wildman–Crippen LogP) is 3.47. The van der Waals surface area contributed by atoms with Gasteiger partial charge in [-0.3, -0.25) is 9.59 Å². The average Bonchev–Trinajstić information content (AvgIpc) is 2.73. The number of aryl methyl sites for hydroxylation is 2. The van der Waals surface area contributed by atoms with Gasteiger partial charge < -0.3 is 10.5 Å². The molecule has 0 heterocycles. The van der Waals surface area contributed by atoms with Crippen LogP contribution in [0.5, 0.6) is 0 Å². The lowest BCUT2D eigenvalue weighted by Gasteiger charge is -2.37. The molecule has 1 aromatic rings. The van der Waals surface area contributed by atoms with E-state index in [1.807, 2.05) is 52.8 Å². The maximum absolute atomic E-state index is 13.2. The quantitative estimate of drug-likeness (QED) is 0.496. The van der Waals surface area contributed by atoms with Crippen LogP contribution in [0.25, 0.3) is 0 Å². The van der Waals surface area contributed by atoms with Crippen molar-refractivity contribution in [3.05, 3.63) is 29.3 Å². The van der Waals surface area contributed by atoms with Crippen molar-refractivity contribution >= 4 is 23.1 Å². The zero-order valence-corrected chi connectivity index (χ0v) is 14.9. The third-order valence-corrected chi connectivity index (χ3v) is 6.54.